The van der Waals surface area contributed by atoms with Gasteiger partial charge < -0.3 is 20.7 Å². The molecule has 0 aromatic rings. The molecule has 1 saturated carbocycles. The zero-order valence-corrected chi connectivity index (χ0v) is 17.9. The van der Waals surface area contributed by atoms with Crippen molar-refractivity contribution in [1.29, 1.82) is 0 Å². The van der Waals surface area contributed by atoms with Crippen molar-refractivity contribution in [2.75, 3.05) is 39.3 Å². The lowest BCUT2D eigenvalue weighted by atomic mass is 9.98. The van der Waals surface area contributed by atoms with Crippen LogP contribution in [0, 0.1) is 0 Å². The summed E-state index contributed by atoms with van der Waals surface area (Å²) in [6, 6.07) is -0.325. The van der Waals surface area contributed by atoms with Crippen LogP contribution in [0.4, 0.5) is 4.79 Å². The number of guanidine groups is 1. The number of amides is 3. The molecule has 0 radical (unpaired) electrons. The van der Waals surface area contributed by atoms with Crippen LogP contribution in [0.25, 0.3) is 0 Å². The summed E-state index contributed by atoms with van der Waals surface area (Å²) in [5.74, 6) is 0.515. The Bertz CT molecular complexity index is 453. The zero-order valence-electron chi connectivity index (χ0n) is 15.6. The first-order valence-corrected chi connectivity index (χ1v) is 9.42. The standard InChI is InChI=1S/C17H31N5O3.HI/c1-2-18-16(20-10-11-22-15(23)13-21-17(22)24)19-9-6-12-25-14-7-4-3-5-8-14;/h14H,2-13H2,1H3,(H,21,24)(H2,18,19,20);1H. The molecule has 2 fully saturated rings. The number of carbonyl (C=O) groups excluding carboxylic acids is 2. The van der Waals surface area contributed by atoms with Crippen molar-refractivity contribution >= 4 is 41.9 Å². The number of nitrogens with zero attached hydrogens (tertiary/aromatic N) is 2. The number of hydrogen-bond acceptors (Lipinski definition) is 4. The van der Waals surface area contributed by atoms with E-state index in [2.05, 4.69) is 20.9 Å². The molecular weight excluding hydrogens is 449 g/mol. The average molecular weight is 481 g/mol. The van der Waals surface area contributed by atoms with Gasteiger partial charge in [-0.05, 0) is 26.2 Å². The molecule has 26 heavy (non-hydrogen) atoms. The van der Waals surface area contributed by atoms with Crippen LogP contribution >= 0.6 is 24.0 Å². The van der Waals surface area contributed by atoms with Crippen molar-refractivity contribution in [2.24, 2.45) is 4.99 Å². The third-order valence-electron chi connectivity index (χ3n) is 4.39. The van der Waals surface area contributed by atoms with Crippen LogP contribution in [0.1, 0.15) is 45.4 Å². The number of halogens is 1. The highest BCUT2D eigenvalue weighted by atomic mass is 127. The molecule has 1 aliphatic carbocycles. The molecule has 150 valence electrons. The van der Waals surface area contributed by atoms with Crippen molar-refractivity contribution in [3.8, 4) is 0 Å². The quantitative estimate of drug-likeness (QED) is 0.152. The number of urea groups is 1. The molecule has 0 bridgehead atoms. The van der Waals surface area contributed by atoms with Crippen LogP contribution < -0.4 is 16.0 Å². The Balaban J connectivity index is 0.00000338. The molecule has 0 aromatic carbocycles. The van der Waals surface area contributed by atoms with Crippen LogP contribution in [-0.4, -0.2) is 68.2 Å². The van der Waals surface area contributed by atoms with E-state index in [1.807, 2.05) is 6.92 Å². The van der Waals surface area contributed by atoms with Crippen LogP contribution in [0.3, 0.4) is 0 Å². The van der Waals surface area contributed by atoms with Crippen molar-refractivity contribution in [2.45, 2.75) is 51.6 Å². The summed E-state index contributed by atoms with van der Waals surface area (Å²) in [6.07, 6.45) is 7.62. The van der Waals surface area contributed by atoms with Gasteiger partial charge in [-0.25, -0.2) is 4.79 Å². The van der Waals surface area contributed by atoms with Gasteiger partial charge in [-0.1, -0.05) is 19.3 Å². The number of imide groups is 1. The Morgan fingerprint density at radius 2 is 2.04 bits per heavy atom. The minimum absolute atomic E-state index is 0. The van der Waals surface area contributed by atoms with E-state index in [1.54, 1.807) is 0 Å². The van der Waals surface area contributed by atoms with Crippen LogP contribution in [0.15, 0.2) is 4.99 Å². The van der Waals surface area contributed by atoms with E-state index in [9.17, 15) is 9.59 Å². The molecule has 2 aliphatic rings. The van der Waals surface area contributed by atoms with E-state index < -0.39 is 0 Å². The summed E-state index contributed by atoms with van der Waals surface area (Å²) in [5, 5.41) is 8.83. The molecule has 0 unspecified atom stereocenters. The van der Waals surface area contributed by atoms with Gasteiger partial charge in [-0.15, -0.1) is 24.0 Å². The maximum atomic E-state index is 11.5. The molecule has 3 N–H and O–H groups in total. The van der Waals surface area contributed by atoms with Gasteiger partial charge in [-0.2, -0.15) is 0 Å². The van der Waals surface area contributed by atoms with E-state index in [1.165, 1.54) is 37.0 Å². The van der Waals surface area contributed by atoms with Gasteiger partial charge >= 0.3 is 6.03 Å². The van der Waals surface area contributed by atoms with Crippen LogP contribution in [0.5, 0.6) is 0 Å². The third-order valence-corrected chi connectivity index (χ3v) is 4.39. The summed E-state index contributed by atoms with van der Waals surface area (Å²) in [6.45, 7) is 5.09. The van der Waals surface area contributed by atoms with E-state index >= 15 is 0 Å². The van der Waals surface area contributed by atoms with Crippen LogP contribution in [0.2, 0.25) is 0 Å². The van der Waals surface area contributed by atoms with E-state index in [0.717, 1.165) is 19.6 Å². The van der Waals surface area contributed by atoms with Gasteiger partial charge in [0.15, 0.2) is 5.96 Å². The fourth-order valence-electron chi connectivity index (χ4n) is 3.05. The predicted molar refractivity (Wildman–Crippen MR) is 112 cm³/mol. The van der Waals surface area contributed by atoms with E-state index in [4.69, 9.17) is 4.74 Å². The average Bonchev–Trinajstić information content (AvgIpc) is 2.94. The summed E-state index contributed by atoms with van der Waals surface area (Å²) in [4.78, 5) is 28.7. The lowest BCUT2D eigenvalue weighted by molar-refractivity contribution is -0.124. The summed E-state index contributed by atoms with van der Waals surface area (Å²) < 4.78 is 5.90. The highest BCUT2D eigenvalue weighted by molar-refractivity contribution is 14.0. The number of rotatable bonds is 9. The molecule has 0 atom stereocenters. The second-order valence-electron chi connectivity index (χ2n) is 6.38. The normalized spacial score (nSPS) is 18.5. The minimum atomic E-state index is -0.325. The van der Waals surface area contributed by atoms with Crippen molar-refractivity contribution in [3.05, 3.63) is 0 Å². The Hall–Kier alpha value is -1.10. The summed E-state index contributed by atoms with van der Waals surface area (Å²) in [7, 11) is 0. The Morgan fingerprint density at radius 3 is 2.69 bits per heavy atom. The molecule has 2 rings (SSSR count). The van der Waals surface area contributed by atoms with Crippen molar-refractivity contribution in [3.63, 3.8) is 0 Å². The second-order valence-corrected chi connectivity index (χ2v) is 6.38. The van der Waals surface area contributed by atoms with Crippen molar-refractivity contribution in [1.82, 2.24) is 20.9 Å². The smallest absolute Gasteiger partial charge is 0.324 e. The number of hydrogen-bond donors (Lipinski definition) is 3. The summed E-state index contributed by atoms with van der Waals surface area (Å²) >= 11 is 0. The third kappa shape index (κ3) is 8.07. The molecule has 8 nitrogen and oxygen atoms in total. The first-order chi connectivity index (χ1) is 12.2. The zero-order chi connectivity index (χ0) is 17.9. The Labute approximate surface area is 172 Å². The Kier molecular flexibility index (Phi) is 11.6. The van der Waals surface area contributed by atoms with Gasteiger partial charge in [-0.3, -0.25) is 14.7 Å². The molecule has 1 saturated heterocycles. The largest absolute Gasteiger partial charge is 0.378 e. The molecule has 9 heteroatoms. The monoisotopic (exact) mass is 481 g/mol. The lowest BCUT2D eigenvalue weighted by Gasteiger charge is -2.21. The number of aliphatic imine (C=N–C) groups is 1. The Morgan fingerprint density at radius 1 is 1.27 bits per heavy atom. The first kappa shape index (κ1) is 22.9. The van der Waals surface area contributed by atoms with Crippen molar-refractivity contribution < 1.29 is 14.3 Å². The summed E-state index contributed by atoms with van der Waals surface area (Å²) in [5.41, 5.74) is 0. The molecular formula is C17H32IN5O3. The first-order valence-electron chi connectivity index (χ1n) is 9.42. The van der Waals surface area contributed by atoms with Gasteiger partial charge in [0, 0.05) is 32.8 Å². The minimum Gasteiger partial charge on any atom is -0.378 e. The maximum absolute atomic E-state index is 11.5. The van der Waals surface area contributed by atoms with Gasteiger partial charge in [0.1, 0.15) is 0 Å². The van der Waals surface area contributed by atoms with E-state index in [0.29, 0.717) is 31.7 Å². The number of ether oxygens (including phenoxy) is 1. The van der Waals surface area contributed by atoms with Gasteiger partial charge in [0.25, 0.3) is 0 Å². The molecule has 0 spiro atoms. The maximum Gasteiger partial charge on any atom is 0.324 e. The highest BCUT2D eigenvalue weighted by Gasteiger charge is 2.27. The second kappa shape index (κ2) is 13.1. The molecule has 1 aliphatic heterocycles. The number of carbonyl (C=O) groups is 2. The lowest BCUT2D eigenvalue weighted by Crippen LogP contribution is -2.43. The van der Waals surface area contributed by atoms with Crippen LogP contribution in [-0.2, 0) is 9.53 Å². The fraction of sp³-hybridized carbons (Fsp3) is 0.824. The topological polar surface area (TPSA) is 95.1 Å². The highest BCUT2D eigenvalue weighted by Crippen LogP contribution is 2.20. The predicted octanol–water partition coefficient (Wildman–Crippen LogP) is 1.45. The molecule has 3 amide bonds. The fourth-order valence-corrected chi connectivity index (χ4v) is 3.05. The number of nitrogens with one attached hydrogen (secondary N) is 3. The van der Waals surface area contributed by atoms with Gasteiger partial charge in [0.05, 0.1) is 12.6 Å². The van der Waals surface area contributed by atoms with Gasteiger partial charge in [0.2, 0.25) is 5.91 Å². The molecule has 0 aromatic heterocycles. The SMILES string of the molecule is CCNC(=NCCCOC1CCCCC1)NCCN1C(=O)CNC1=O.I. The molecule has 1 heterocycles. The van der Waals surface area contributed by atoms with E-state index in [-0.39, 0.29) is 42.5 Å².